The van der Waals surface area contributed by atoms with E-state index >= 15 is 0 Å². The second kappa shape index (κ2) is 5.23. The van der Waals surface area contributed by atoms with Gasteiger partial charge in [0.25, 0.3) is 10.0 Å². The third-order valence-corrected chi connectivity index (χ3v) is 4.45. The monoisotopic (exact) mass is 294 g/mol. The van der Waals surface area contributed by atoms with Gasteiger partial charge in [-0.15, -0.1) is 0 Å². The van der Waals surface area contributed by atoms with Gasteiger partial charge in [-0.1, -0.05) is 29.8 Å². The molecule has 19 heavy (non-hydrogen) atoms. The zero-order valence-corrected chi connectivity index (χ0v) is 11.9. The molecule has 1 radical (unpaired) electrons. The van der Waals surface area contributed by atoms with Crippen molar-refractivity contribution in [3.63, 3.8) is 0 Å². The van der Waals surface area contributed by atoms with Crippen molar-refractivity contribution >= 4 is 27.3 Å². The largest absolute Gasteiger partial charge is 0.280 e. The van der Waals surface area contributed by atoms with E-state index in [0.717, 1.165) is 11.1 Å². The van der Waals surface area contributed by atoms with E-state index in [1.807, 2.05) is 6.92 Å². The highest BCUT2D eigenvalue weighted by Gasteiger charge is 2.15. The van der Waals surface area contributed by atoms with E-state index in [1.165, 1.54) is 12.1 Å². The standard InChI is InChI=1S/C14H13ClNO2S/c1-10-3-6-12(7-4-10)16-19(17,18)13-8-5-11(2)14(15)9-13/h3-9,16H,1H2,2H3. The first-order valence-corrected chi connectivity index (χ1v) is 7.45. The lowest BCUT2D eigenvalue weighted by molar-refractivity contribution is 0.601. The Labute approximate surface area is 118 Å². The van der Waals surface area contributed by atoms with Crippen LogP contribution in [0.15, 0.2) is 47.4 Å². The van der Waals surface area contributed by atoms with Gasteiger partial charge in [0, 0.05) is 10.7 Å². The summed E-state index contributed by atoms with van der Waals surface area (Å²) in [6.45, 7) is 5.56. The molecular weight excluding hydrogens is 282 g/mol. The Balaban J connectivity index is 2.32. The number of anilines is 1. The molecule has 0 bridgehead atoms. The molecule has 0 aromatic heterocycles. The van der Waals surface area contributed by atoms with E-state index < -0.39 is 10.0 Å². The molecule has 5 heteroatoms. The summed E-state index contributed by atoms with van der Waals surface area (Å²) >= 11 is 5.94. The number of sulfonamides is 1. The van der Waals surface area contributed by atoms with Crippen LogP contribution >= 0.6 is 11.6 Å². The topological polar surface area (TPSA) is 46.2 Å². The number of aryl methyl sites for hydroxylation is 1. The first kappa shape index (κ1) is 13.9. The predicted molar refractivity (Wildman–Crippen MR) is 77.9 cm³/mol. The highest BCUT2D eigenvalue weighted by atomic mass is 35.5. The molecule has 2 aromatic rings. The van der Waals surface area contributed by atoms with Crippen molar-refractivity contribution in [3.05, 3.63) is 65.5 Å². The summed E-state index contributed by atoms with van der Waals surface area (Å²) in [6, 6.07) is 11.4. The molecular formula is C14H13ClNO2S. The van der Waals surface area contributed by atoms with Crippen LogP contribution in [-0.4, -0.2) is 8.42 Å². The fourth-order valence-corrected chi connectivity index (χ4v) is 2.86. The van der Waals surface area contributed by atoms with E-state index in [9.17, 15) is 8.42 Å². The number of rotatable bonds is 3. The van der Waals surface area contributed by atoms with Crippen LogP contribution in [-0.2, 0) is 10.0 Å². The molecule has 0 amide bonds. The van der Waals surface area contributed by atoms with Gasteiger partial charge in [-0.3, -0.25) is 4.72 Å². The van der Waals surface area contributed by atoms with Crippen molar-refractivity contribution in [2.24, 2.45) is 0 Å². The molecule has 0 heterocycles. The Morgan fingerprint density at radius 2 is 1.74 bits per heavy atom. The van der Waals surface area contributed by atoms with Crippen molar-refractivity contribution in [1.82, 2.24) is 0 Å². The van der Waals surface area contributed by atoms with Gasteiger partial charge in [-0.2, -0.15) is 0 Å². The molecule has 0 saturated heterocycles. The second-order valence-electron chi connectivity index (χ2n) is 4.21. The summed E-state index contributed by atoms with van der Waals surface area (Å²) in [5.74, 6) is 0. The van der Waals surface area contributed by atoms with Crippen LogP contribution in [0.5, 0.6) is 0 Å². The fraction of sp³-hybridized carbons (Fsp3) is 0.0714. The number of halogens is 1. The maximum Gasteiger partial charge on any atom is 0.261 e. The minimum Gasteiger partial charge on any atom is -0.280 e. The van der Waals surface area contributed by atoms with Crippen LogP contribution < -0.4 is 4.72 Å². The highest BCUT2D eigenvalue weighted by Crippen LogP contribution is 2.22. The van der Waals surface area contributed by atoms with Gasteiger partial charge < -0.3 is 0 Å². The highest BCUT2D eigenvalue weighted by molar-refractivity contribution is 7.92. The Morgan fingerprint density at radius 3 is 2.32 bits per heavy atom. The first-order valence-electron chi connectivity index (χ1n) is 5.59. The van der Waals surface area contributed by atoms with Crippen LogP contribution in [0.1, 0.15) is 11.1 Å². The summed E-state index contributed by atoms with van der Waals surface area (Å²) in [6.07, 6.45) is 0. The zero-order valence-electron chi connectivity index (χ0n) is 10.4. The molecule has 0 spiro atoms. The molecule has 99 valence electrons. The van der Waals surface area contributed by atoms with Crippen molar-refractivity contribution in [3.8, 4) is 0 Å². The maximum atomic E-state index is 12.2. The van der Waals surface area contributed by atoms with E-state index in [2.05, 4.69) is 11.6 Å². The lowest BCUT2D eigenvalue weighted by Gasteiger charge is -2.09. The third-order valence-electron chi connectivity index (χ3n) is 2.66. The summed E-state index contributed by atoms with van der Waals surface area (Å²) in [5, 5.41) is 0.427. The van der Waals surface area contributed by atoms with Crippen LogP contribution in [0.3, 0.4) is 0 Å². The third kappa shape index (κ3) is 3.28. The van der Waals surface area contributed by atoms with Gasteiger partial charge in [0.05, 0.1) is 4.90 Å². The van der Waals surface area contributed by atoms with E-state index in [-0.39, 0.29) is 4.90 Å². The normalized spacial score (nSPS) is 11.3. The van der Waals surface area contributed by atoms with Crippen molar-refractivity contribution < 1.29 is 8.42 Å². The minimum absolute atomic E-state index is 0.141. The number of hydrogen-bond donors (Lipinski definition) is 1. The fourth-order valence-electron chi connectivity index (χ4n) is 1.53. The number of hydrogen-bond acceptors (Lipinski definition) is 2. The minimum atomic E-state index is -3.62. The average Bonchev–Trinajstić information content (AvgIpc) is 2.35. The Kier molecular flexibility index (Phi) is 3.83. The second-order valence-corrected chi connectivity index (χ2v) is 6.30. The van der Waals surface area contributed by atoms with Crippen LogP contribution in [0.25, 0.3) is 0 Å². The molecule has 0 aliphatic rings. The van der Waals surface area contributed by atoms with Crippen LogP contribution in [0.4, 0.5) is 5.69 Å². The molecule has 0 saturated carbocycles. The molecule has 0 aliphatic carbocycles. The SMILES string of the molecule is [CH2]c1ccc(NS(=O)(=O)c2ccc(C)c(Cl)c2)cc1. The van der Waals surface area contributed by atoms with Gasteiger partial charge in [0.2, 0.25) is 0 Å². The van der Waals surface area contributed by atoms with Crippen molar-refractivity contribution in [2.45, 2.75) is 11.8 Å². The van der Waals surface area contributed by atoms with E-state index in [4.69, 9.17) is 11.6 Å². The lowest BCUT2D eigenvalue weighted by atomic mass is 10.2. The summed E-state index contributed by atoms with van der Waals surface area (Å²) in [7, 11) is -3.62. The molecule has 0 fully saturated rings. The lowest BCUT2D eigenvalue weighted by Crippen LogP contribution is -2.12. The quantitative estimate of drug-likeness (QED) is 0.939. The molecule has 0 unspecified atom stereocenters. The Hall–Kier alpha value is -1.52. The summed E-state index contributed by atoms with van der Waals surface area (Å²) in [5.41, 5.74) is 2.15. The molecule has 0 atom stereocenters. The number of benzene rings is 2. The van der Waals surface area contributed by atoms with Gasteiger partial charge in [-0.25, -0.2) is 8.42 Å². The van der Waals surface area contributed by atoms with E-state index in [1.54, 1.807) is 30.3 Å². The zero-order chi connectivity index (χ0) is 14.0. The molecule has 3 nitrogen and oxygen atoms in total. The summed E-state index contributed by atoms with van der Waals surface area (Å²) in [4.78, 5) is 0.141. The molecule has 2 rings (SSSR count). The van der Waals surface area contributed by atoms with Crippen molar-refractivity contribution in [1.29, 1.82) is 0 Å². The summed E-state index contributed by atoms with van der Waals surface area (Å²) < 4.78 is 26.8. The average molecular weight is 295 g/mol. The van der Waals surface area contributed by atoms with Gasteiger partial charge in [0.1, 0.15) is 0 Å². The van der Waals surface area contributed by atoms with Gasteiger partial charge in [-0.05, 0) is 49.2 Å². The van der Waals surface area contributed by atoms with Gasteiger partial charge in [0.15, 0.2) is 0 Å². The Morgan fingerprint density at radius 1 is 1.11 bits per heavy atom. The van der Waals surface area contributed by atoms with Crippen molar-refractivity contribution in [2.75, 3.05) is 4.72 Å². The molecule has 2 aromatic carbocycles. The van der Waals surface area contributed by atoms with E-state index in [0.29, 0.717) is 10.7 Å². The van der Waals surface area contributed by atoms with Gasteiger partial charge >= 0.3 is 0 Å². The van der Waals surface area contributed by atoms with Crippen LogP contribution in [0.2, 0.25) is 5.02 Å². The molecule has 0 aliphatic heterocycles. The predicted octanol–water partition coefficient (Wildman–Crippen LogP) is 3.63. The first-order chi connectivity index (χ1) is 8.88. The number of nitrogens with one attached hydrogen (secondary N) is 1. The molecule has 1 N–H and O–H groups in total. The maximum absolute atomic E-state index is 12.2. The van der Waals surface area contributed by atoms with Crippen LogP contribution in [0, 0.1) is 13.8 Å². The Bertz CT molecular complexity index is 694. The smallest absolute Gasteiger partial charge is 0.261 e.